The van der Waals surface area contributed by atoms with Gasteiger partial charge in [0.1, 0.15) is 6.61 Å². The number of hydrogen-bond donors (Lipinski definition) is 1. The molecule has 0 fully saturated rings. The molecule has 1 heterocycles. The summed E-state index contributed by atoms with van der Waals surface area (Å²) >= 11 is 0. The zero-order valence-corrected chi connectivity index (χ0v) is 13.1. The van der Waals surface area contributed by atoms with Gasteiger partial charge in [0.05, 0.1) is 5.69 Å². The van der Waals surface area contributed by atoms with Crippen molar-refractivity contribution in [2.75, 3.05) is 34.3 Å². The van der Waals surface area contributed by atoms with Gasteiger partial charge in [-0.15, -0.1) is 0 Å². The summed E-state index contributed by atoms with van der Waals surface area (Å²) in [5.41, 5.74) is 2.31. The van der Waals surface area contributed by atoms with Crippen molar-refractivity contribution < 1.29 is 4.74 Å². The lowest BCUT2D eigenvalue weighted by atomic mass is 9.91. The molecule has 0 saturated heterocycles. The van der Waals surface area contributed by atoms with E-state index in [2.05, 4.69) is 42.0 Å². The highest BCUT2D eigenvalue weighted by molar-refractivity contribution is 5.28. The Labute approximate surface area is 117 Å². The maximum atomic E-state index is 5.76. The molecule has 1 aromatic heterocycles. The van der Waals surface area contributed by atoms with E-state index in [1.807, 2.05) is 27.2 Å². The molecule has 0 spiro atoms. The summed E-state index contributed by atoms with van der Waals surface area (Å²) in [5, 5.41) is 3.17. The van der Waals surface area contributed by atoms with Crippen LogP contribution >= 0.6 is 0 Å². The minimum absolute atomic E-state index is 0.0312. The van der Waals surface area contributed by atoms with E-state index in [9.17, 15) is 0 Å². The zero-order chi connectivity index (χ0) is 14.5. The largest absolute Gasteiger partial charge is 0.476 e. The molecule has 108 valence electrons. The summed E-state index contributed by atoms with van der Waals surface area (Å²) in [6, 6.07) is 4.16. The van der Waals surface area contributed by atoms with E-state index < -0.39 is 0 Å². The van der Waals surface area contributed by atoms with Gasteiger partial charge in [0.2, 0.25) is 5.88 Å². The Morgan fingerprint density at radius 2 is 1.95 bits per heavy atom. The van der Waals surface area contributed by atoms with Crippen molar-refractivity contribution >= 4 is 0 Å². The van der Waals surface area contributed by atoms with Crippen LogP contribution < -0.4 is 10.1 Å². The van der Waals surface area contributed by atoms with Crippen LogP contribution in [0.1, 0.15) is 32.0 Å². The first-order valence-corrected chi connectivity index (χ1v) is 6.76. The fraction of sp³-hybridized carbons (Fsp3) is 0.667. The molecule has 0 bridgehead atoms. The SMILES string of the molecule is CNCc1cc(OCCN(C)C)nc(C(C)(C)C)c1. The minimum Gasteiger partial charge on any atom is -0.476 e. The van der Waals surface area contributed by atoms with E-state index in [-0.39, 0.29) is 5.41 Å². The molecule has 0 aromatic carbocycles. The number of aromatic nitrogens is 1. The van der Waals surface area contributed by atoms with Gasteiger partial charge in [-0.05, 0) is 32.8 Å². The van der Waals surface area contributed by atoms with Gasteiger partial charge in [-0.1, -0.05) is 20.8 Å². The van der Waals surface area contributed by atoms with Crippen LogP contribution in [0.4, 0.5) is 0 Å². The van der Waals surface area contributed by atoms with E-state index in [0.717, 1.165) is 24.7 Å². The number of likely N-dealkylation sites (N-methyl/N-ethyl adjacent to an activating group) is 1. The Kier molecular flexibility index (Phi) is 5.76. The van der Waals surface area contributed by atoms with Gasteiger partial charge >= 0.3 is 0 Å². The Morgan fingerprint density at radius 1 is 1.26 bits per heavy atom. The molecule has 0 aliphatic carbocycles. The van der Waals surface area contributed by atoms with Crippen molar-refractivity contribution in [1.82, 2.24) is 15.2 Å². The highest BCUT2D eigenvalue weighted by atomic mass is 16.5. The third-order valence-electron chi connectivity index (χ3n) is 2.80. The van der Waals surface area contributed by atoms with Crippen LogP contribution in [0.2, 0.25) is 0 Å². The third kappa shape index (κ3) is 5.57. The first-order chi connectivity index (χ1) is 8.82. The smallest absolute Gasteiger partial charge is 0.213 e. The average molecular weight is 265 g/mol. The van der Waals surface area contributed by atoms with Crippen LogP contribution in [0.5, 0.6) is 5.88 Å². The standard InChI is InChI=1S/C15H27N3O/c1-15(2,3)13-9-12(11-16-4)10-14(17-13)19-8-7-18(5)6/h9-10,16H,7-8,11H2,1-6H3. The topological polar surface area (TPSA) is 37.4 Å². The molecular formula is C15H27N3O. The second-order valence-corrected chi connectivity index (χ2v) is 6.13. The summed E-state index contributed by atoms with van der Waals surface area (Å²) in [6.45, 7) is 8.89. The van der Waals surface area contributed by atoms with Crippen molar-refractivity contribution in [1.29, 1.82) is 0 Å². The minimum atomic E-state index is 0.0312. The first-order valence-electron chi connectivity index (χ1n) is 6.76. The number of pyridine rings is 1. The zero-order valence-electron chi connectivity index (χ0n) is 13.1. The van der Waals surface area contributed by atoms with Crippen molar-refractivity contribution in [2.24, 2.45) is 0 Å². The highest BCUT2D eigenvalue weighted by Crippen LogP contribution is 2.24. The number of hydrogen-bond acceptors (Lipinski definition) is 4. The number of rotatable bonds is 6. The normalized spacial score (nSPS) is 11.9. The van der Waals surface area contributed by atoms with Gasteiger partial charge in [0, 0.05) is 24.6 Å². The molecule has 0 aliphatic heterocycles. The Balaban J connectivity index is 2.87. The van der Waals surface area contributed by atoms with Gasteiger partial charge in [0.25, 0.3) is 0 Å². The van der Waals surface area contributed by atoms with Gasteiger partial charge in [-0.3, -0.25) is 0 Å². The van der Waals surface area contributed by atoms with E-state index in [1.54, 1.807) is 0 Å². The maximum Gasteiger partial charge on any atom is 0.213 e. The number of ether oxygens (including phenoxy) is 1. The van der Waals surface area contributed by atoms with Gasteiger partial charge in [-0.25, -0.2) is 4.98 Å². The van der Waals surface area contributed by atoms with E-state index >= 15 is 0 Å². The maximum absolute atomic E-state index is 5.76. The lowest BCUT2D eigenvalue weighted by Crippen LogP contribution is -2.21. The Hall–Kier alpha value is -1.13. The predicted molar refractivity (Wildman–Crippen MR) is 79.7 cm³/mol. The van der Waals surface area contributed by atoms with Crippen LogP contribution in [-0.2, 0) is 12.0 Å². The first kappa shape index (κ1) is 15.9. The highest BCUT2D eigenvalue weighted by Gasteiger charge is 2.17. The van der Waals surface area contributed by atoms with Crippen LogP contribution in [-0.4, -0.2) is 44.2 Å². The summed E-state index contributed by atoms with van der Waals surface area (Å²) < 4.78 is 5.76. The van der Waals surface area contributed by atoms with Crippen molar-refractivity contribution in [3.05, 3.63) is 23.4 Å². The van der Waals surface area contributed by atoms with Crippen molar-refractivity contribution in [3.8, 4) is 5.88 Å². The Bertz CT molecular complexity index is 397. The molecule has 4 nitrogen and oxygen atoms in total. The van der Waals surface area contributed by atoms with Crippen molar-refractivity contribution in [3.63, 3.8) is 0 Å². The lowest BCUT2D eigenvalue weighted by Gasteiger charge is -2.20. The summed E-state index contributed by atoms with van der Waals surface area (Å²) in [4.78, 5) is 6.71. The Morgan fingerprint density at radius 3 is 2.47 bits per heavy atom. The summed E-state index contributed by atoms with van der Waals surface area (Å²) in [6.07, 6.45) is 0. The fourth-order valence-electron chi connectivity index (χ4n) is 1.66. The molecule has 4 heteroatoms. The lowest BCUT2D eigenvalue weighted by molar-refractivity contribution is 0.252. The van der Waals surface area contributed by atoms with E-state index in [0.29, 0.717) is 6.61 Å². The molecule has 1 N–H and O–H groups in total. The second kappa shape index (κ2) is 6.87. The molecule has 0 saturated carbocycles. The van der Waals surface area contributed by atoms with Gasteiger partial charge in [-0.2, -0.15) is 0 Å². The molecule has 0 aliphatic rings. The summed E-state index contributed by atoms with van der Waals surface area (Å²) in [5.74, 6) is 0.722. The third-order valence-corrected chi connectivity index (χ3v) is 2.80. The van der Waals surface area contributed by atoms with E-state index in [1.165, 1.54) is 5.56 Å². The monoisotopic (exact) mass is 265 g/mol. The second-order valence-electron chi connectivity index (χ2n) is 6.13. The van der Waals surface area contributed by atoms with Crippen LogP contribution in [0, 0.1) is 0 Å². The molecule has 0 amide bonds. The van der Waals surface area contributed by atoms with Crippen molar-refractivity contribution in [2.45, 2.75) is 32.7 Å². The summed E-state index contributed by atoms with van der Waals surface area (Å²) in [7, 11) is 6.02. The van der Waals surface area contributed by atoms with Crippen LogP contribution in [0.25, 0.3) is 0 Å². The number of nitrogens with zero attached hydrogens (tertiary/aromatic N) is 2. The van der Waals surface area contributed by atoms with Crippen LogP contribution in [0.3, 0.4) is 0 Å². The molecule has 0 unspecified atom stereocenters. The molecule has 19 heavy (non-hydrogen) atoms. The molecule has 0 radical (unpaired) electrons. The predicted octanol–water partition coefficient (Wildman–Crippen LogP) is 2.04. The molecular weight excluding hydrogens is 238 g/mol. The van der Waals surface area contributed by atoms with E-state index in [4.69, 9.17) is 4.74 Å². The molecule has 1 rings (SSSR count). The average Bonchev–Trinajstić information content (AvgIpc) is 2.27. The van der Waals surface area contributed by atoms with Gasteiger partial charge < -0.3 is 15.0 Å². The fourth-order valence-corrected chi connectivity index (χ4v) is 1.66. The molecule has 1 aromatic rings. The molecule has 0 atom stereocenters. The number of nitrogens with one attached hydrogen (secondary N) is 1. The van der Waals surface area contributed by atoms with Crippen LogP contribution in [0.15, 0.2) is 12.1 Å². The quantitative estimate of drug-likeness (QED) is 0.854. The van der Waals surface area contributed by atoms with Gasteiger partial charge in [0.15, 0.2) is 0 Å².